The SMILES string of the molecule is CCOc1ccc(N2C(=O)C3C4CC5C(OC2(C(C)C)C53)C4O)cc1. The quantitative estimate of drug-likeness (QED) is 0.912. The summed E-state index contributed by atoms with van der Waals surface area (Å²) < 4.78 is 12.1. The average Bonchev–Trinajstić information content (AvgIpc) is 3.25. The van der Waals surface area contributed by atoms with E-state index >= 15 is 0 Å². The van der Waals surface area contributed by atoms with Gasteiger partial charge < -0.3 is 14.6 Å². The van der Waals surface area contributed by atoms with Crippen molar-refractivity contribution in [1.29, 1.82) is 0 Å². The van der Waals surface area contributed by atoms with Crippen LogP contribution in [-0.4, -0.2) is 35.6 Å². The van der Waals surface area contributed by atoms with Crippen molar-refractivity contribution in [3.8, 4) is 5.75 Å². The molecule has 1 N–H and O–H groups in total. The number of aliphatic hydroxyl groups is 1. The van der Waals surface area contributed by atoms with Crippen molar-refractivity contribution in [3.63, 3.8) is 0 Å². The first-order valence-electron chi connectivity index (χ1n) is 9.43. The van der Waals surface area contributed by atoms with E-state index in [9.17, 15) is 9.90 Å². The van der Waals surface area contributed by atoms with Gasteiger partial charge in [0.05, 0.1) is 24.7 Å². The highest BCUT2D eigenvalue weighted by atomic mass is 16.6. The molecule has 2 saturated carbocycles. The molecule has 1 amide bonds. The Kier molecular flexibility index (Phi) is 3.12. The molecule has 5 rings (SSSR count). The molecule has 5 heteroatoms. The van der Waals surface area contributed by atoms with Gasteiger partial charge in [-0.1, -0.05) is 13.8 Å². The lowest BCUT2D eigenvalue weighted by Crippen LogP contribution is -2.54. The van der Waals surface area contributed by atoms with Crippen LogP contribution in [0.2, 0.25) is 0 Å². The topological polar surface area (TPSA) is 59.0 Å². The Morgan fingerprint density at radius 1 is 1.32 bits per heavy atom. The van der Waals surface area contributed by atoms with Crippen LogP contribution in [0.4, 0.5) is 5.69 Å². The third-order valence-electron chi connectivity index (χ3n) is 6.94. The van der Waals surface area contributed by atoms with Crippen molar-refractivity contribution in [2.45, 2.75) is 45.1 Å². The van der Waals surface area contributed by atoms with E-state index in [4.69, 9.17) is 9.47 Å². The van der Waals surface area contributed by atoms with Crippen LogP contribution in [0.25, 0.3) is 0 Å². The van der Waals surface area contributed by atoms with Gasteiger partial charge in [-0.25, -0.2) is 0 Å². The maximum Gasteiger partial charge on any atom is 0.233 e. The van der Waals surface area contributed by atoms with Crippen molar-refractivity contribution < 1.29 is 19.4 Å². The molecule has 4 aliphatic rings. The highest BCUT2D eigenvalue weighted by Gasteiger charge is 2.79. The van der Waals surface area contributed by atoms with E-state index in [1.807, 2.05) is 36.1 Å². The van der Waals surface area contributed by atoms with Gasteiger partial charge in [0.15, 0.2) is 5.72 Å². The van der Waals surface area contributed by atoms with Crippen molar-refractivity contribution in [1.82, 2.24) is 0 Å². The smallest absolute Gasteiger partial charge is 0.233 e. The number of carbonyl (C=O) groups is 1. The van der Waals surface area contributed by atoms with E-state index < -0.39 is 11.8 Å². The molecule has 7 atom stereocenters. The fourth-order valence-electron chi connectivity index (χ4n) is 6.17. The summed E-state index contributed by atoms with van der Waals surface area (Å²) in [4.78, 5) is 15.3. The van der Waals surface area contributed by atoms with Crippen LogP contribution in [0.1, 0.15) is 27.2 Å². The molecule has 25 heavy (non-hydrogen) atoms. The van der Waals surface area contributed by atoms with Crippen LogP contribution in [0.3, 0.4) is 0 Å². The number of aliphatic hydroxyl groups excluding tert-OH is 1. The number of fused-ring (bicyclic) bond motifs is 2. The molecule has 134 valence electrons. The second-order valence-corrected chi connectivity index (χ2v) is 8.20. The van der Waals surface area contributed by atoms with Gasteiger partial charge >= 0.3 is 0 Å². The number of anilines is 1. The van der Waals surface area contributed by atoms with Gasteiger partial charge in [-0.05, 0) is 49.4 Å². The normalized spacial score (nSPS) is 43.6. The number of hydrogen-bond acceptors (Lipinski definition) is 4. The van der Waals surface area contributed by atoms with Gasteiger partial charge in [-0.2, -0.15) is 0 Å². The standard InChI is InChI=1S/C20H25NO4/c1-4-24-12-7-5-11(6-8-12)21-19(23)15-13-9-14-16(15)20(21,10(2)3)25-18(14)17(13)22/h5-8,10,13-18,22H,4,9H2,1-3H3. The minimum absolute atomic E-state index is 0.0563. The molecule has 2 aliphatic carbocycles. The van der Waals surface area contributed by atoms with Crippen LogP contribution in [0, 0.1) is 29.6 Å². The predicted octanol–water partition coefficient (Wildman–Crippen LogP) is 2.43. The minimum Gasteiger partial charge on any atom is -0.494 e. The summed E-state index contributed by atoms with van der Waals surface area (Å²) in [7, 11) is 0. The first-order chi connectivity index (χ1) is 12.0. The van der Waals surface area contributed by atoms with Crippen molar-refractivity contribution in [2.24, 2.45) is 29.6 Å². The summed E-state index contributed by atoms with van der Waals surface area (Å²) in [6.07, 6.45) is 0.323. The summed E-state index contributed by atoms with van der Waals surface area (Å²) >= 11 is 0. The molecule has 2 bridgehead atoms. The summed E-state index contributed by atoms with van der Waals surface area (Å²) in [5, 5.41) is 10.6. The van der Waals surface area contributed by atoms with E-state index in [2.05, 4.69) is 13.8 Å². The third kappa shape index (κ3) is 1.69. The largest absolute Gasteiger partial charge is 0.494 e. The molecule has 2 aliphatic heterocycles. The number of rotatable bonds is 4. The Balaban J connectivity index is 1.60. The highest BCUT2D eigenvalue weighted by molar-refractivity contribution is 6.00. The number of benzene rings is 1. The Morgan fingerprint density at radius 2 is 2.04 bits per heavy atom. The minimum atomic E-state index is -0.629. The Morgan fingerprint density at radius 3 is 2.68 bits per heavy atom. The van der Waals surface area contributed by atoms with Crippen LogP contribution >= 0.6 is 0 Å². The van der Waals surface area contributed by atoms with E-state index in [0.29, 0.717) is 12.5 Å². The number of ether oxygens (including phenoxy) is 2. The molecule has 7 unspecified atom stereocenters. The van der Waals surface area contributed by atoms with E-state index in [1.165, 1.54) is 0 Å². The van der Waals surface area contributed by atoms with Gasteiger partial charge in [0, 0.05) is 17.5 Å². The molecule has 0 aromatic heterocycles. The zero-order valence-electron chi connectivity index (χ0n) is 14.9. The van der Waals surface area contributed by atoms with Crippen LogP contribution in [0.15, 0.2) is 24.3 Å². The monoisotopic (exact) mass is 343 g/mol. The molecular weight excluding hydrogens is 318 g/mol. The second kappa shape index (κ2) is 4.98. The van der Waals surface area contributed by atoms with Crippen LogP contribution < -0.4 is 9.64 Å². The highest BCUT2D eigenvalue weighted by Crippen LogP contribution is 2.69. The third-order valence-corrected chi connectivity index (χ3v) is 6.94. The first-order valence-corrected chi connectivity index (χ1v) is 9.43. The summed E-state index contributed by atoms with van der Waals surface area (Å²) in [6, 6.07) is 7.73. The Labute approximate surface area is 147 Å². The average molecular weight is 343 g/mol. The van der Waals surface area contributed by atoms with Crippen molar-refractivity contribution in [3.05, 3.63) is 24.3 Å². The van der Waals surface area contributed by atoms with Gasteiger partial charge in [0.1, 0.15) is 5.75 Å². The van der Waals surface area contributed by atoms with Gasteiger partial charge in [-0.3, -0.25) is 9.69 Å². The van der Waals surface area contributed by atoms with Gasteiger partial charge in [0.2, 0.25) is 5.91 Å². The lowest BCUT2D eigenvalue weighted by Gasteiger charge is -2.42. The number of carbonyl (C=O) groups excluding carboxylic acids is 1. The molecule has 2 heterocycles. The fraction of sp³-hybridized carbons (Fsp3) is 0.650. The zero-order chi connectivity index (χ0) is 17.5. The maximum absolute atomic E-state index is 13.4. The number of hydrogen-bond donors (Lipinski definition) is 1. The maximum atomic E-state index is 13.4. The molecule has 0 radical (unpaired) electrons. The Bertz CT molecular complexity index is 717. The fourth-order valence-corrected chi connectivity index (χ4v) is 6.17. The lowest BCUT2D eigenvalue weighted by molar-refractivity contribution is -0.136. The van der Waals surface area contributed by atoms with Crippen molar-refractivity contribution in [2.75, 3.05) is 11.5 Å². The van der Waals surface area contributed by atoms with E-state index in [1.54, 1.807) is 0 Å². The molecule has 2 saturated heterocycles. The summed E-state index contributed by atoms with van der Waals surface area (Å²) in [6.45, 7) is 6.83. The summed E-state index contributed by atoms with van der Waals surface area (Å²) in [5.41, 5.74) is 0.238. The van der Waals surface area contributed by atoms with E-state index in [0.717, 1.165) is 17.9 Å². The summed E-state index contributed by atoms with van der Waals surface area (Å²) in [5.74, 6) is 1.55. The van der Waals surface area contributed by atoms with Crippen LogP contribution in [0.5, 0.6) is 5.75 Å². The zero-order valence-corrected chi connectivity index (χ0v) is 14.9. The molecule has 5 nitrogen and oxygen atoms in total. The molecule has 0 spiro atoms. The van der Waals surface area contributed by atoms with Gasteiger partial charge in [0.25, 0.3) is 0 Å². The van der Waals surface area contributed by atoms with Gasteiger partial charge in [-0.15, -0.1) is 0 Å². The molecular formula is C20H25NO4. The molecule has 1 aromatic carbocycles. The molecule has 1 aromatic rings. The lowest BCUT2D eigenvalue weighted by atomic mass is 9.74. The second-order valence-electron chi connectivity index (χ2n) is 8.20. The molecule has 4 fully saturated rings. The first kappa shape index (κ1) is 15.6. The number of nitrogens with zero attached hydrogens (tertiary/aromatic N) is 1. The number of amides is 1. The van der Waals surface area contributed by atoms with E-state index in [-0.39, 0.29) is 35.7 Å². The predicted molar refractivity (Wildman–Crippen MR) is 92.1 cm³/mol. The Hall–Kier alpha value is -1.59. The van der Waals surface area contributed by atoms with Crippen molar-refractivity contribution >= 4 is 11.6 Å². The van der Waals surface area contributed by atoms with Crippen LogP contribution in [-0.2, 0) is 9.53 Å².